The third-order valence-electron chi connectivity index (χ3n) is 3.47. The van der Waals surface area contributed by atoms with Gasteiger partial charge in [-0.25, -0.2) is 13.1 Å². The standard InChI is InChI=1S/C16H36N2O2S/c1-4-12-17-13-9-10-15-21(19,20)18-14-8-6-5-7-11-16(2)3/h16-18H,4-15H2,1-3H3. The molecule has 0 rings (SSSR count). The molecule has 0 saturated heterocycles. The summed E-state index contributed by atoms with van der Waals surface area (Å²) in [6.45, 7) is 9.14. The van der Waals surface area contributed by atoms with E-state index in [0.29, 0.717) is 6.54 Å². The van der Waals surface area contributed by atoms with Crippen LogP contribution in [0.4, 0.5) is 0 Å². The molecular weight excluding hydrogens is 284 g/mol. The van der Waals surface area contributed by atoms with Crippen LogP contribution < -0.4 is 10.0 Å². The van der Waals surface area contributed by atoms with Crippen molar-refractivity contribution in [3.63, 3.8) is 0 Å². The largest absolute Gasteiger partial charge is 0.317 e. The molecule has 0 bridgehead atoms. The second kappa shape index (κ2) is 13.5. The van der Waals surface area contributed by atoms with Crippen LogP contribution in [0.2, 0.25) is 0 Å². The zero-order valence-electron chi connectivity index (χ0n) is 14.3. The molecule has 0 radical (unpaired) electrons. The first-order valence-electron chi connectivity index (χ1n) is 8.66. The highest BCUT2D eigenvalue weighted by Gasteiger charge is 2.08. The van der Waals surface area contributed by atoms with Crippen LogP contribution in [0.3, 0.4) is 0 Å². The lowest BCUT2D eigenvalue weighted by Crippen LogP contribution is -2.28. The van der Waals surface area contributed by atoms with Crippen molar-refractivity contribution in [2.45, 2.75) is 72.1 Å². The van der Waals surface area contributed by atoms with Crippen LogP contribution >= 0.6 is 0 Å². The summed E-state index contributed by atoms with van der Waals surface area (Å²) >= 11 is 0. The average Bonchev–Trinajstić information content (AvgIpc) is 2.41. The summed E-state index contributed by atoms with van der Waals surface area (Å²) in [4.78, 5) is 0. The lowest BCUT2D eigenvalue weighted by atomic mass is 10.0. The maximum absolute atomic E-state index is 11.8. The number of hydrogen-bond acceptors (Lipinski definition) is 3. The van der Waals surface area contributed by atoms with Gasteiger partial charge in [-0.05, 0) is 44.7 Å². The summed E-state index contributed by atoms with van der Waals surface area (Å²) in [6, 6.07) is 0. The summed E-state index contributed by atoms with van der Waals surface area (Å²) in [5, 5.41) is 3.29. The van der Waals surface area contributed by atoms with Crippen LogP contribution in [-0.2, 0) is 10.0 Å². The number of hydrogen-bond donors (Lipinski definition) is 2. The van der Waals surface area contributed by atoms with E-state index in [1.807, 2.05) is 0 Å². The fourth-order valence-electron chi connectivity index (χ4n) is 2.17. The monoisotopic (exact) mass is 320 g/mol. The molecule has 21 heavy (non-hydrogen) atoms. The van der Waals surface area contributed by atoms with Crippen LogP contribution in [0.25, 0.3) is 0 Å². The molecule has 0 saturated carbocycles. The van der Waals surface area contributed by atoms with Crippen LogP contribution in [0.5, 0.6) is 0 Å². The van der Waals surface area contributed by atoms with Crippen LogP contribution in [-0.4, -0.2) is 33.8 Å². The van der Waals surface area contributed by atoms with E-state index in [1.165, 1.54) is 19.3 Å². The van der Waals surface area contributed by atoms with Crippen molar-refractivity contribution in [1.82, 2.24) is 10.0 Å². The smallest absolute Gasteiger partial charge is 0.211 e. The Morgan fingerprint density at radius 2 is 1.52 bits per heavy atom. The number of rotatable bonds is 15. The Morgan fingerprint density at radius 3 is 2.19 bits per heavy atom. The Kier molecular flexibility index (Phi) is 13.4. The normalized spacial score (nSPS) is 12.2. The van der Waals surface area contributed by atoms with Gasteiger partial charge in [0.1, 0.15) is 0 Å². The SMILES string of the molecule is CCCNCCCCS(=O)(=O)NCCCCCCC(C)C. The average molecular weight is 321 g/mol. The van der Waals surface area contributed by atoms with Crippen LogP contribution in [0.15, 0.2) is 0 Å². The van der Waals surface area contributed by atoms with E-state index in [9.17, 15) is 8.42 Å². The molecule has 0 aromatic heterocycles. The molecular formula is C16H36N2O2S. The van der Waals surface area contributed by atoms with Crippen molar-refractivity contribution in [3.05, 3.63) is 0 Å². The predicted octanol–water partition coefficient (Wildman–Crippen LogP) is 3.29. The fourth-order valence-corrected chi connectivity index (χ4v) is 3.36. The quantitative estimate of drug-likeness (QED) is 0.455. The molecule has 2 N–H and O–H groups in total. The maximum Gasteiger partial charge on any atom is 0.211 e. The third-order valence-corrected chi connectivity index (χ3v) is 4.94. The predicted molar refractivity (Wildman–Crippen MR) is 92.1 cm³/mol. The van der Waals surface area contributed by atoms with Crippen molar-refractivity contribution in [3.8, 4) is 0 Å². The van der Waals surface area contributed by atoms with Gasteiger partial charge in [-0.2, -0.15) is 0 Å². The van der Waals surface area contributed by atoms with Crippen molar-refractivity contribution in [1.29, 1.82) is 0 Å². The van der Waals surface area contributed by atoms with E-state index in [2.05, 4.69) is 30.8 Å². The van der Waals surface area contributed by atoms with E-state index >= 15 is 0 Å². The molecule has 0 heterocycles. The minimum atomic E-state index is -3.06. The Balaban J connectivity index is 3.43. The van der Waals surface area contributed by atoms with E-state index in [1.54, 1.807) is 0 Å². The first-order valence-corrected chi connectivity index (χ1v) is 10.3. The summed E-state index contributed by atoms with van der Waals surface area (Å²) in [5.74, 6) is 1.03. The Morgan fingerprint density at radius 1 is 0.857 bits per heavy atom. The molecule has 0 aromatic rings. The second-order valence-electron chi connectivity index (χ2n) is 6.27. The minimum absolute atomic E-state index is 0.258. The molecule has 0 fully saturated rings. The van der Waals surface area contributed by atoms with Gasteiger partial charge in [0.15, 0.2) is 0 Å². The van der Waals surface area contributed by atoms with Gasteiger partial charge in [0.25, 0.3) is 0 Å². The Bertz CT molecular complexity index is 316. The molecule has 128 valence electrons. The Labute approximate surface area is 132 Å². The zero-order valence-corrected chi connectivity index (χ0v) is 15.1. The molecule has 4 nitrogen and oxygen atoms in total. The Hall–Kier alpha value is -0.130. The molecule has 0 aliphatic rings. The molecule has 0 spiro atoms. The van der Waals surface area contributed by atoms with Gasteiger partial charge in [0.2, 0.25) is 10.0 Å². The van der Waals surface area contributed by atoms with E-state index in [-0.39, 0.29) is 5.75 Å². The fraction of sp³-hybridized carbons (Fsp3) is 1.00. The van der Waals surface area contributed by atoms with E-state index < -0.39 is 10.0 Å². The van der Waals surface area contributed by atoms with Crippen LogP contribution in [0.1, 0.15) is 72.1 Å². The third kappa shape index (κ3) is 16.1. The van der Waals surface area contributed by atoms with Crippen molar-refractivity contribution in [2.24, 2.45) is 5.92 Å². The molecule has 0 aliphatic heterocycles. The van der Waals surface area contributed by atoms with Crippen molar-refractivity contribution >= 4 is 10.0 Å². The first kappa shape index (κ1) is 20.9. The van der Waals surface area contributed by atoms with Gasteiger partial charge in [0, 0.05) is 6.54 Å². The molecule has 0 atom stereocenters. The van der Waals surface area contributed by atoms with Gasteiger partial charge in [-0.3, -0.25) is 0 Å². The second-order valence-corrected chi connectivity index (χ2v) is 8.19. The van der Waals surface area contributed by atoms with Crippen LogP contribution in [0, 0.1) is 5.92 Å². The minimum Gasteiger partial charge on any atom is -0.317 e. The summed E-state index contributed by atoms with van der Waals surface area (Å²) in [6.07, 6.45) is 8.61. The van der Waals surface area contributed by atoms with Crippen molar-refractivity contribution < 1.29 is 8.42 Å². The highest BCUT2D eigenvalue weighted by atomic mass is 32.2. The summed E-state index contributed by atoms with van der Waals surface area (Å²) in [7, 11) is -3.06. The molecule has 0 unspecified atom stereocenters. The molecule has 0 amide bonds. The maximum atomic E-state index is 11.8. The highest BCUT2D eigenvalue weighted by Crippen LogP contribution is 2.09. The van der Waals surface area contributed by atoms with Gasteiger partial charge >= 0.3 is 0 Å². The summed E-state index contributed by atoms with van der Waals surface area (Å²) < 4.78 is 26.2. The number of nitrogens with one attached hydrogen (secondary N) is 2. The van der Waals surface area contributed by atoms with E-state index in [0.717, 1.165) is 51.1 Å². The van der Waals surface area contributed by atoms with Gasteiger partial charge < -0.3 is 5.32 Å². The lowest BCUT2D eigenvalue weighted by molar-refractivity contribution is 0.517. The van der Waals surface area contributed by atoms with Gasteiger partial charge in [-0.1, -0.05) is 46.5 Å². The van der Waals surface area contributed by atoms with Crippen molar-refractivity contribution in [2.75, 3.05) is 25.4 Å². The number of unbranched alkanes of at least 4 members (excludes halogenated alkanes) is 4. The van der Waals surface area contributed by atoms with Gasteiger partial charge in [-0.15, -0.1) is 0 Å². The molecule has 5 heteroatoms. The first-order chi connectivity index (χ1) is 9.98. The topological polar surface area (TPSA) is 58.2 Å². The number of sulfonamides is 1. The lowest BCUT2D eigenvalue weighted by Gasteiger charge is -2.07. The zero-order chi connectivity index (χ0) is 16.0. The summed E-state index contributed by atoms with van der Waals surface area (Å²) in [5.41, 5.74) is 0. The van der Waals surface area contributed by atoms with E-state index in [4.69, 9.17) is 0 Å². The highest BCUT2D eigenvalue weighted by molar-refractivity contribution is 7.89. The molecule has 0 aliphatic carbocycles. The van der Waals surface area contributed by atoms with Gasteiger partial charge in [0.05, 0.1) is 5.75 Å². The molecule has 0 aromatic carbocycles.